The number of nitrogens with one attached hydrogen (secondary N) is 1. The average Bonchev–Trinajstić information content (AvgIpc) is 2.72. The number of hydrogen-bond donors (Lipinski definition) is 1. The fourth-order valence-electron chi connectivity index (χ4n) is 3.36. The number of carbonyl (C=O) groups is 1. The van der Waals surface area contributed by atoms with Gasteiger partial charge in [-0.2, -0.15) is 0 Å². The molecule has 1 heterocycles. The van der Waals surface area contributed by atoms with E-state index in [0.717, 1.165) is 28.2 Å². The van der Waals surface area contributed by atoms with E-state index in [0.29, 0.717) is 6.54 Å². The Kier molecular flexibility index (Phi) is 4.69. The number of Topliss-reactive ketones (excluding diaryl/α,β-unsaturated/α-hetero) is 1. The molecular weight excluding hydrogens is 284 g/mol. The fraction of sp³-hybridized carbons (Fsp3) is 0.450. The topological polar surface area (TPSA) is 34.0 Å². The zero-order valence-corrected chi connectivity index (χ0v) is 15.4. The molecule has 0 aliphatic heterocycles. The molecule has 1 aromatic heterocycles. The van der Waals surface area contributed by atoms with Crippen LogP contribution >= 0.6 is 0 Å². The van der Waals surface area contributed by atoms with E-state index in [2.05, 4.69) is 63.6 Å². The molecule has 0 radical (unpaired) electrons. The summed E-state index contributed by atoms with van der Waals surface area (Å²) in [7, 11) is 0. The molecule has 0 saturated carbocycles. The van der Waals surface area contributed by atoms with E-state index in [4.69, 9.17) is 0 Å². The van der Waals surface area contributed by atoms with Gasteiger partial charge in [0.25, 0.3) is 0 Å². The lowest BCUT2D eigenvalue weighted by Crippen LogP contribution is -2.24. The summed E-state index contributed by atoms with van der Waals surface area (Å²) >= 11 is 0. The van der Waals surface area contributed by atoms with Crippen LogP contribution in [0.4, 0.5) is 5.69 Å². The highest BCUT2D eigenvalue weighted by atomic mass is 16.1. The van der Waals surface area contributed by atoms with Gasteiger partial charge in [-0.25, -0.2) is 0 Å². The Labute approximate surface area is 139 Å². The van der Waals surface area contributed by atoms with Crippen LogP contribution in [0, 0.1) is 27.7 Å². The molecule has 0 bridgehead atoms. The van der Waals surface area contributed by atoms with Crippen LogP contribution < -0.4 is 5.32 Å². The first kappa shape index (κ1) is 17.3. The second-order valence-electron chi connectivity index (χ2n) is 7.39. The Hall–Kier alpha value is -2.03. The number of anilines is 1. The third-order valence-corrected chi connectivity index (χ3v) is 4.22. The minimum Gasteiger partial charge on any atom is -0.377 e. The summed E-state index contributed by atoms with van der Waals surface area (Å²) < 4.78 is 2.23. The Morgan fingerprint density at radius 2 is 1.74 bits per heavy atom. The zero-order chi connectivity index (χ0) is 17.4. The molecule has 2 rings (SSSR count). The summed E-state index contributed by atoms with van der Waals surface area (Å²) in [5, 5.41) is 3.27. The molecule has 1 aromatic carbocycles. The van der Waals surface area contributed by atoms with Gasteiger partial charge in [0.2, 0.25) is 0 Å². The van der Waals surface area contributed by atoms with Crippen molar-refractivity contribution in [2.24, 2.45) is 0 Å². The number of carbonyl (C=O) groups excluding carboxylic acids is 1. The molecule has 0 spiro atoms. The van der Waals surface area contributed by atoms with E-state index in [-0.39, 0.29) is 11.3 Å². The first-order valence-electron chi connectivity index (χ1n) is 8.15. The quantitative estimate of drug-likeness (QED) is 0.825. The van der Waals surface area contributed by atoms with Crippen molar-refractivity contribution >= 4 is 11.5 Å². The van der Waals surface area contributed by atoms with Gasteiger partial charge < -0.3 is 9.88 Å². The highest BCUT2D eigenvalue weighted by Gasteiger charge is 2.22. The van der Waals surface area contributed by atoms with Gasteiger partial charge in [0, 0.05) is 28.2 Å². The molecule has 3 heteroatoms. The Balaban J connectivity index is 2.19. The number of nitrogens with zero attached hydrogens (tertiary/aromatic N) is 1. The third kappa shape index (κ3) is 3.66. The summed E-state index contributed by atoms with van der Waals surface area (Å²) in [5.41, 5.74) is 6.38. The van der Waals surface area contributed by atoms with Gasteiger partial charge in [-0.05, 0) is 66.2 Å². The molecule has 0 saturated heterocycles. The molecule has 0 aliphatic carbocycles. The molecule has 2 aromatic rings. The van der Waals surface area contributed by atoms with Crippen molar-refractivity contribution in [3.05, 3.63) is 52.3 Å². The number of rotatable bonds is 4. The molecule has 124 valence electrons. The molecule has 0 unspecified atom stereocenters. The average molecular weight is 312 g/mol. The Bertz CT molecular complexity index is 733. The van der Waals surface area contributed by atoms with Crippen LogP contribution in [-0.2, 0) is 5.54 Å². The van der Waals surface area contributed by atoms with Crippen molar-refractivity contribution in [1.82, 2.24) is 4.57 Å². The predicted molar refractivity (Wildman–Crippen MR) is 97.6 cm³/mol. The van der Waals surface area contributed by atoms with Crippen LogP contribution in [0.2, 0.25) is 0 Å². The first-order chi connectivity index (χ1) is 10.6. The maximum absolute atomic E-state index is 12.6. The van der Waals surface area contributed by atoms with Gasteiger partial charge in [0.15, 0.2) is 5.78 Å². The third-order valence-electron chi connectivity index (χ3n) is 4.22. The number of benzene rings is 1. The van der Waals surface area contributed by atoms with Gasteiger partial charge in [-0.3, -0.25) is 4.79 Å². The van der Waals surface area contributed by atoms with Gasteiger partial charge in [-0.1, -0.05) is 17.7 Å². The molecule has 23 heavy (non-hydrogen) atoms. The van der Waals surface area contributed by atoms with E-state index in [1.807, 2.05) is 19.1 Å². The fourth-order valence-corrected chi connectivity index (χ4v) is 3.36. The minimum absolute atomic E-state index is 0.0202. The second-order valence-corrected chi connectivity index (χ2v) is 7.39. The van der Waals surface area contributed by atoms with Crippen LogP contribution in [0.5, 0.6) is 0 Å². The summed E-state index contributed by atoms with van der Waals surface area (Å²) in [5.74, 6) is 0.133. The van der Waals surface area contributed by atoms with Gasteiger partial charge in [-0.15, -0.1) is 0 Å². The van der Waals surface area contributed by atoms with Crippen molar-refractivity contribution in [3.63, 3.8) is 0 Å². The first-order valence-corrected chi connectivity index (χ1v) is 8.15. The lowest BCUT2D eigenvalue weighted by molar-refractivity contribution is 0.101. The molecule has 3 nitrogen and oxygen atoms in total. The summed E-state index contributed by atoms with van der Waals surface area (Å²) in [6.45, 7) is 15.0. The van der Waals surface area contributed by atoms with E-state index < -0.39 is 0 Å². The zero-order valence-electron chi connectivity index (χ0n) is 15.4. The van der Waals surface area contributed by atoms with Crippen LogP contribution in [0.3, 0.4) is 0 Å². The molecule has 1 N–H and O–H groups in total. The number of aromatic nitrogens is 1. The van der Waals surface area contributed by atoms with E-state index in [1.165, 1.54) is 5.56 Å². The molecule has 0 atom stereocenters. The van der Waals surface area contributed by atoms with Crippen molar-refractivity contribution in [2.75, 3.05) is 11.9 Å². The van der Waals surface area contributed by atoms with Crippen LogP contribution in [-0.4, -0.2) is 16.9 Å². The van der Waals surface area contributed by atoms with Crippen LogP contribution in [0.25, 0.3) is 0 Å². The molecule has 0 aliphatic rings. The highest BCUT2D eigenvalue weighted by Crippen LogP contribution is 2.25. The Morgan fingerprint density at radius 1 is 1.09 bits per heavy atom. The van der Waals surface area contributed by atoms with Gasteiger partial charge >= 0.3 is 0 Å². The van der Waals surface area contributed by atoms with Gasteiger partial charge in [0.05, 0.1) is 6.54 Å². The lowest BCUT2D eigenvalue weighted by Gasteiger charge is -2.25. The summed E-state index contributed by atoms with van der Waals surface area (Å²) in [4.78, 5) is 12.6. The second kappa shape index (κ2) is 6.23. The largest absolute Gasteiger partial charge is 0.377 e. The van der Waals surface area contributed by atoms with Crippen molar-refractivity contribution in [3.8, 4) is 0 Å². The lowest BCUT2D eigenvalue weighted by atomic mass is 10.1. The van der Waals surface area contributed by atoms with Gasteiger partial charge in [0.1, 0.15) is 0 Å². The molecule has 0 fully saturated rings. The van der Waals surface area contributed by atoms with E-state index >= 15 is 0 Å². The maximum atomic E-state index is 12.6. The van der Waals surface area contributed by atoms with Crippen LogP contribution in [0.15, 0.2) is 24.3 Å². The van der Waals surface area contributed by atoms with Crippen LogP contribution in [0.1, 0.15) is 53.6 Å². The number of aryl methyl sites for hydroxylation is 3. The maximum Gasteiger partial charge on any atom is 0.183 e. The standard InChI is InChI=1S/C20H28N2O/c1-13-8-9-18(14(2)10-13)21-12-19(23)17-11-15(3)22(16(17)4)20(5,6)7/h8-11,21H,12H2,1-7H3. The minimum atomic E-state index is -0.0202. The SMILES string of the molecule is Cc1ccc(NCC(=O)c2cc(C)n(C(C)(C)C)c2C)c(C)c1. The monoisotopic (exact) mass is 312 g/mol. The summed E-state index contributed by atoms with van der Waals surface area (Å²) in [6.07, 6.45) is 0. The number of ketones is 1. The Morgan fingerprint density at radius 3 is 2.26 bits per heavy atom. The number of hydrogen-bond acceptors (Lipinski definition) is 2. The summed E-state index contributed by atoms with van der Waals surface area (Å²) in [6, 6.07) is 8.23. The highest BCUT2D eigenvalue weighted by molar-refractivity contribution is 6.00. The van der Waals surface area contributed by atoms with Crippen molar-refractivity contribution < 1.29 is 4.79 Å². The molecule has 0 amide bonds. The van der Waals surface area contributed by atoms with Crippen molar-refractivity contribution in [1.29, 1.82) is 0 Å². The van der Waals surface area contributed by atoms with Crippen molar-refractivity contribution in [2.45, 2.75) is 54.0 Å². The smallest absolute Gasteiger partial charge is 0.183 e. The predicted octanol–water partition coefficient (Wildman–Crippen LogP) is 4.77. The molecular formula is C20H28N2O. The normalized spacial score (nSPS) is 11.6. The van der Waals surface area contributed by atoms with E-state index in [1.54, 1.807) is 0 Å². The van der Waals surface area contributed by atoms with E-state index in [9.17, 15) is 4.79 Å².